The lowest BCUT2D eigenvalue weighted by Gasteiger charge is -2.04. The largest absolute Gasteiger partial charge is 0.319 e. The number of H-pyrrole nitrogens is 1. The van der Waals surface area contributed by atoms with Crippen LogP contribution in [0.25, 0.3) is 11.0 Å². The molecule has 0 atom stereocenters. The average molecular weight is 424 g/mol. The number of aryl methyl sites for hydroxylation is 1. The molecule has 0 saturated carbocycles. The summed E-state index contributed by atoms with van der Waals surface area (Å²) in [7, 11) is 0. The fraction of sp³-hybridized carbons (Fsp3) is 0.111. The highest BCUT2D eigenvalue weighted by Crippen LogP contribution is 2.29. The minimum Gasteiger partial charge on any atom is -0.319 e. The van der Waals surface area contributed by atoms with Crippen LogP contribution in [0.1, 0.15) is 17.7 Å². The summed E-state index contributed by atoms with van der Waals surface area (Å²) in [6.07, 6.45) is 1.54. The fourth-order valence-corrected chi connectivity index (χ4v) is 2.99. The SMILES string of the molecule is O=C(CCc1nc2ccccc2[nH]c1=O)N/N=C\c1c(Cl)ccc(Cl)c1Cl. The molecule has 1 amide bonds. The van der Waals surface area contributed by atoms with Crippen molar-refractivity contribution in [2.24, 2.45) is 5.10 Å². The fourth-order valence-electron chi connectivity index (χ4n) is 2.35. The van der Waals surface area contributed by atoms with Gasteiger partial charge in [0, 0.05) is 18.4 Å². The minimum atomic E-state index is -0.380. The van der Waals surface area contributed by atoms with Gasteiger partial charge in [-0.1, -0.05) is 46.9 Å². The van der Waals surface area contributed by atoms with Crippen LogP contribution in [0.2, 0.25) is 15.1 Å². The van der Waals surface area contributed by atoms with Crippen LogP contribution in [0.4, 0.5) is 0 Å². The van der Waals surface area contributed by atoms with Crippen molar-refractivity contribution in [2.45, 2.75) is 12.8 Å². The van der Waals surface area contributed by atoms with Gasteiger partial charge in [0.2, 0.25) is 5.91 Å². The Hall–Kier alpha value is -2.41. The molecule has 0 unspecified atom stereocenters. The number of benzene rings is 2. The molecule has 0 aliphatic rings. The number of halogens is 3. The van der Waals surface area contributed by atoms with Gasteiger partial charge in [0.05, 0.1) is 32.3 Å². The monoisotopic (exact) mass is 422 g/mol. The maximum atomic E-state index is 12.0. The van der Waals surface area contributed by atoms with Crippen molar-refractivity contribution in [3.05, 3.63) is 73.1 Å². The number of carbonyl (C=O) groups excluding carboxylic acids is 1. The number of rotatable bonds is 5. The molecule has 2 aromatic carbocycles. The lowest BCUT2D eigenvalue weighted by molar-refractivity contribution is -0.121. The highest BCUT2D eigenvalue weighted by atomic mass is 35.5. The van der Waals surface area contributed by atoms with Crippen molar-refractivity contribution in [1.82, 2.24) is 15.4 Å². The van der Waals surface area contributed by atoms with Crippen LogP contribution in [-0.4, -0.2) is 22.1 Å². The second kappa shape index (κ2) is 8.52. The number of carbonyl (C=O) groups is 1. The Balaban J connectivity index is 1.63. The van der Waals surface area contributed by atoms with Crippen molar-refractivity contribution in [3.63, 3.8) is 0 Å². The number of nitrogens with zero attached hydrogens (tertiary/aromatic N) is 2. The van der Waals surface area contributed by atoms with Crippen LogP contribution in [0.5, 0.6) is 0 Å². The molecule has 6 nitrogen and oxygen atoms in total. The van der Waals surface area contributed by atoms with E-state index in [0.717, 1.165) is 0 Å². The summed E-state index contributed by atoms with van der Waals surface area (Å²) in [5.74, 6) is -0.380. The van der Waals surface area contributed by atoms with Gasteiger partial charge in [-0.05, 0) is 24.3 Å². The molecule has 0 fully saturated rings. The van der Waals surface area contributed by atoms with E-state index in [2.05, 4.69) is 20.5 Å². The van der Waals surface area contributed by atoms with E-state index in [1.807, 2.05) is 12.1 Å². The summed E-state index contributed by atoms with van der Waals surface area (Å²) in [5, 5.41) is 4.76. The topological polar surface area (TPSA) is 87.2 Å². The van der Waals surface area contributed by atoms with E-state index in [-0.39, 0.29) is 35.0 Å². The molecule has 0 radical (unpaired) electrons. The van der Waals surface area contributed by atoms with Crippen LogP contribution in [0, 0.1) is 0 Å². The van der Waals surface area contributed by atoms with Crippen LogP contribution in [-0.2, 0) is 11.2 Å². The van der Waals surface area contributed by atoms with E-state index >= 15 is 0 Å². The van der Waals surface area contributed by atoms with E-state index in [0.29, 0.717) is 26.6 Å². The molecule has 0 spiro atoms. The summed E-state index contributed by atoms with van der Waals surface area (Å²) in [6, 6.07) is 10.3. The van der Waals surface area contributed by atoms with Gasteiger partial charge < -0.3 is 4.98 Å². The van der Waals surface area contributed by atoms with Crippen molar-refractivity contribution < 1.29 is 4.79 Å². The summed E-state index contributed by atoms with van der Waals surface area (Å²) < 4.78 is 0. The van der Waals surface area contributed by atoms with Gasteiger partial charge in [0.15, 0.2) is 0 Å². The number of nitrogens with one attached hydrogen (secondary N) is 2. The van der Waals surface area contributed by atoms with Crippen LogP contribution in [0.3, 0.4) is 0 Å². The van der Waals surface area contributed by atoms with E-state index in [9.17, 15) is 9.59 Å². The van der Waals surface area contributed by atoms with Gasteiger partial charge in [-0.25, -0.2) is 10.4 Å². The van der Waals surface area contributed by atoms with Crippen LogP contribution in [0.15, 0.2) is 46.3 Å². The van der Waals surface area contributed by atoms with Crippen LogP contribution < -0.4 is 11.0 Å². The first-order chi connectivity index (χ1) is 13.0. The molecule has 138 valence electrons. The predicted octanol–water partition coefficient (Wildman–Crippen LogP) is 3.97. The van der Waals surface area contributed by atoms with E-state index in [1.165, 1.54) is 6.21 Å². The van der Waals surface area contributed by atoms with Gasteiger partial charge in [-0.2, -0.15) is 5.10 Å². The molecular formula is C18H13Cl3N4O2. The summed E-state index contributed by atoms with van der Waals surface area (Å²) in [5.41, 5.74) is 4.04. The molecule has 27 heavy (non-hydrogen) atoms. The third-order valence-electron chi connectivity index (χ3n) is 3.72. The van der Waals surface area contributed by atoms with Gasteiger partial charge in [-0.3, -0.25) is 9.59 Å². The zero-order chi connectivity index (χ0) is 19.4. The highest BCUT2D eigenvalue weighted by molar-refractivity contribution is 6.45. The van der Waals surface area contributed by atoms with Gasteiger partial charge >= 0.3 is 0 Å². The molecule has 2 N–H and O–H groups in total. The Morgan fingerprint density at radius 1 is 1.15 bits per heavy atom. The minimum absolute atomic E-state index is 0.0444. The summed E-state index contributed by atoms with van der Waals surface area (Å²) in [4.78, 5) is 31.0. The Morgan fingerprint density at radius 3 is 2.70 bits per heavy atom. The number of hydrogen-bond acceptors (Lipinski definition) is 4. The Morgan fingerprint density at radius 2 is 1.89 bits per heavy atom. The smallest absolute Gasteiger partial charge is 0.270 e. The Labute approximate surface area is 169 Å². The molecule has 0 bridgehead atoms. The zero-order valence-corrected chi connectivity index (χ0v) is 16.1. The number of para-hydroxylation sites is 2. The van der Waals surface area contributed by atoms with E-state index in [1.54, 1.807) is 24.3 Å². The molecule has 0 aliphatic carbocycles. The molecular weight excluding hydrogens is 411 g/mol. The molecule has 9 heteroatoms. The molecule has 1 heterocycles. The number of fused-ring (bicyclic) bond motifs is 1. The maximum absolute atomic E-state index is 12.0. The molecule has 1 aromatic heterocycles. The standard InChI is InChI=1S/C18H13Cl3N4O2/c19-11-5-6-12(20)17(21)10(11)9-22-25-16(26)8-7-15-18(27)24-14-4-2-1-3-13(14)23-15/h1-6,9H,7-8H2,(H,24,27)(H,25,26)/b22-9-. The Bertz CT molecular complexity index is 1100. The second-order valence-electron chi connectivity index (χ2n) is 5.58. The number of amides is 1. The van der Waals surface area contributed by atoms with E-state index < -0.39 is 0 Å². The summed E-state index contributed by atoms with van der Waals surface area (Å²) in [6.45, 7) is 0. The zero-order valence-electron chi connectivity index (χ0n) is 13.8. The molecule has 0 saturated heterocycles. The highest BCUT2D eigenvalue weighted by Gasteiger charge is 2.09. The first-order valence-electron chi connectivity index (χ1n) is 7.89. The third-order valence-corrected chi connectivity index (χ3v) is 4.87. The molecule has 3 rings (SSSR count). The van der Waals surface area contributed by atoms with Gasteiger partial charge in [0.25, 0.3) is 5.56 Å². The number of aromatic amines is 1. The van der Waals surface area contributed by atoms with Gasteiger partial charge in [-0.15, -0.1) is 0 Å². The van der Waals surface area contributed by atoms with Crippen molar-refractivity contribution in [3.8, 4) is 0 Å². The average Bonchev–Trinajstić information content (AvgIpc) is 2.66. The second-order valence-corrected chi connectivity index (χ2v) is 6.77. The Kier molecular flexibility index (Phi) is 6.11. The van der Waals surface area contributed by atoms with E-state index in [4.69, 9.17) is 34.8 Å². The predicted molar refractivity (Wildman–Crippen MR) is 108 cm³/mol. The third kappa shape index (κ3) is 4.66. The first-order valence-corrected chi connectivity index (χ1v) is 9.02. The van der Waals surface area contributed by atoms with Gasteiger partial charge in [0.1, 0.15) is 5.69 Å². The molecule has 0 aliphatic heterocycles. The lowest BCUT2D eigenvalue weighted by atomic mass is 10.2. The van der Waals surface area contributed by atoms with Crippen molar-refractivity contribution in [1.29, 1.82) is 0 Å². The maximum Gasteiger partial charge on any atom is 0.270 e. The number of hydrogen-bond donors (Lipinski definition) is 2. The van der Waals surface area contributed by atoms with Crippen LogP contribution >= 0.6 is 34.8 Å². The number of hydrazone groups is 1. The summed E-state index contributed by atoms with van der Waals surface area (Å²) >= 11 is 18.0. The normalized spacial score (nSPS) is 11.2. The quantitative estimate of drug-likeness (QED) is 0.370. The molecule has 3 aromatic rings. The first kappa shape index (κ1) is 19.4. The number of aromatic nitrogens is 2. The van der Waals surface area contributed by atoms with Crippen molar-refractivity contribution >= 4 is 58.0 Å². The lowest BCUT2D eigenvalue weighted by Crippen LogP contribution is -2.21. The van der Waals surface area contributed by atoms with Crippen molar-refractivity contribution in [2.75, 3.05) is 0 Å².